The molecule has 2 rings (SSSR count). The summed E-state index contributed by atoms with van der Waals surface area (Å²) in [7, 11) is 0. The van der Waals surface area contributed by atoms with Crippen molar-refractivity contribution in [2.24, 2.45) is 0 Å². The second kappa shape index (κ2) is 4.53. The molecule has 0 bridgehead atoms. The number of hydrogen-bond acceptors (Lipinski definition) is 3. The highest BCUT2D eigenvalue weighted by Gasteiger charge is 2.29. The van der Waals surface area contributed by atoms with Gasteiger partial charge in [-0.25, -0.2) is 0 Å². The Kier molecular flexibility index (Phi) is 3.10. The summed E-state index contributed by atoms with van der Waals surface area (Å²) >= 11 is 0. The molecule has 1 aliphatic rings. The van der Waals surface area contributed by atoms with Crippen LogP contribution in [-0.2, 0) is 4.79 Å². The van der Waals surface area contributed by atoms with E-state index in [0.29, 0.717) is 6.61 Å². The molecular weight excluding hydrogens is 204 g/mol. The van der Waals surface area contributed by atoms with Gasteiger partial charge in [0.15, 0.2) is 0 Å². The number of ether oxygens (including phenoxy) is 1. The third-order valence-electron chi connectivity index (χ3n) is 2.58. The third-order valence-corrected chi connectivity index (χ3v) is 2.58. The van der Waals surface area contributed by atoms with Gasteiger partial charge in [-0.3, -0.25) is 4.79 Å². The van der Waals surface area contributed by atoms with Gasteiger partial charge in [0.25, 0.3) is 0 Å². The van der Waals surface area contributed by atoms with E-state index in [9.17, 15) is 4.79 Å². The van der Waals surface area contributed by atoms with Crippen molar-refractivity contribution in [2.75, 3.05) is 18.5 Å². The molecule has 1 atom stereocenters. The first kappa shape index (κ1) is 11.0. The van der Waals surface area contributed by atoms with Crippen LogP contribution < -0.4 is 15.4 Å². The molecule has 0 radical (unpaired) electrons. The van der Waals surface area contributed by atoms with Crippen LogP contribution >= 0.6 is 0 Å². The van der Waals surface area contributed by atoms with Gasteiger partial charge in [-0.15, -0.1) is 0 Å². The van der Waals surface area contributed by atoms with Crippen molar-refractivity contribution in [1.29, 1.82) is 0 Å². The van der Waals surface area contributed by atoms with Crippen molar-refractivity contribution in [1.82, 2.24) is 5.32 Å². The maximum absolute atomic E-state index is 11.7. The van der Waals surface area contributed by atoms with Crippen molar-refractivity contribution >= 4 is 11.6 Å². The Morgan fingerprint density at radius 1 is 1.44 bits per heavy atom. The second-order valence-electron chi connectivity index (χ2n) is 3.66. The zero-order chi connectivity index (χ0) is 11.5. The maximum atomic E-state index is 11.7. The number of benzene rings is 1. The van der Waals surface area contributed by atoms with Gasteiger partial charge in [-0.1, -0.05) is 13.0 Å². The van der Waals surface area contributed by atoms with Crippen molar-refractivity contribution in [3.05, 3.63) is 23.8 Å². The Balaban J connectivity index is 2.27. The van der Waals surface area contributed by atoms with Crippen molar-refractivity contribution < 1.29 is 9.53 Å². The molecule has 1 amide bonds. The van der Waals surface area contributed by atoms with E-state index in [0.717, 1.165) is 23.5 Å². The topological polar surface area (TPSA) is 50.4 Å². The molecule has 1 aromatic rings. The van der Waals surface area contributed by atoms with E-state index < -0.39 is 0 Å². The molecule has 1 unspecified atom stereocenters. The lowest BCUT2D eigenvalue weighted by molar-refractivity contribution is -0.117. The zero-order valence-electron chi connectivity index (χ0n) is 9.54. The van der Waals surface area contributed by atoms with Crippen LogP contribution in [0.5, 0.6) is 5.75 Å². The number of carbonyl (C=O) groups is 1. The van der Waals surface area contributed by atoms with Crippen LogP contribution in [0.1, 0.15) is 25.5 Å². The summed E-state index contributed by atoms with van der Waals surface area (Å²) in [5, 5.41) is 6.00. The van der Waals surface area contributed by atoms with Gasteiger partial charge in [0.2, 0.25) is 5.91 Å². The lowest BCUT2D eigenvalue weighted by Gasteiger charge is -2.09. The summed E-state index contributed by atoms with van der Waals surface area (Å²) in [5.74, 6) is 0.796. The van der Waals surface area contributed by atoms with Gasteiger partial charge in [0, 0.05) is 17.3 Å². The van der Waals surface area contributed by atoms with Gasteiger partial charge >= 0.3 is 0 Å². The molecule has 2 N–H and O–H groups in total. The number of anilines is 1. The lowest BCUT2D eigenvalue weighted by atomic mass is 10.1. The summed E-state index contributed by atoms with van der Waals surface area (Å²) in [6.07, 6.45) is 0. The first-order chi connectivity index (χ1) is 7.76. The summed E-state index contributed by atoms with van der Waals surface area (Å²) in [6.45, 7) is 5.32. The average molecular weight is 220 g/mol. The van der Waals surface area contributed by atoms with Crippen LogP contribution in [0.4, 0.5) is 5.69 Å². The molecule has 1 aromatic carbocycles. The first-order valence-electron chi connectivity index (χ1n) is 5.57. The predicted octanol–water partition coefficient (Wildman–Crippen LogP) is 1.69. The molecule has 0 aliphatic carbocycles. The normalized spacial score (nSPS) is 18.1. The number of likely N-dealkylation sites (N-methyl/N-ethyl adjacent to an activating group) is 1. The van der Waals surface area contributed by atoms with Gasteiger partial charge < -0.3 is 15.4 Å². The largest absolute Gasteiger partial charge is 0.494 e. The molecule has 0 aromatic heterocycles. The summed E-state index contributed by atoms with van der Waals surface area (Å²) in [5.41, 5.74) is 1.84. The molecule has 0 saturated carbocycles. The molecule has 1 aliphatic heterocycles. The SMILES string of the molecule is CCNC1C(=O)Nc2cc(OCC)ccc21. The van der Waals surface area contributed by atoms with Gasteiger partial charge in [0.05, 0.1) is 6.61 Å². The van der Waals surface area contributed by atoms with Gasteiger partial charge in [0.1, 0.15) is 11.8 Å². The second-order valence-corrected chi connectivity index (χ2v) is 3.66. The van der Waals surface area contributed by atoms with Gasteiger partial charge in [-0.05, 0) is 19.5 Å². The van der Waals surface area contributed by atoms with E-state index >= 15 is 0 Å². The molecule has 1 heterocycles. The number of amides is 1. The maximum Gasteiger partial charge on any atom is 0.246 e. The Morgan fingerprint density at radius 2 is 2.25 bits per heavy atom. The van der Waals surface area contributed by atoms with Gasteiger partial charge in [-0.2, -0.15) is 0 Å². The van der Waals surface area contributed by atoms with Crippen LogP contribution in [0, 0.1) is 0 Å². The van der Waals surface area contributed by atoms with Crippen LogP contribution in [0.25, 0.3) is 0 Å². The van der Waals surface area contributed by atoms with Crippen molar-refractivity contribution in [3.63, 3.8) is 0 Å². The van der Waals surface area contributed by atoms with Crippen LogP contribution in [0.3, 0.4) is 0 Å². The minimum absolute atomic E-state index is 0.00509. The van der Waals surface area contributed by atoms with E-state index in [1.165, 1.54) is 0 Å². The number of rotatable bonds is 4. The monoisotopic (exact) mass is 220 g/mol. The number of fused-ring (bicyclic) bond motifs is 1. The number of hydrogen-bond donors (Lipinski definition) is 2. The third kappa shape index (κ3) is 1.88. The standard InChI is InChI=1S/C12H16N2O2/c1-3-13-11-9-6-5-8(16-4-2)7-10(9)14-12(11)15/h5-7,11,13H,3-4H2,1-2H3,(H,14,15). The fourth-order valence-corrected chi connectivity index (χ4v) is 1.90. The van der Waals surface area contributed by atoms with E-state index in [-0.39, 0.29) is 11.9 Å². The van der Waals surface area contributed by atoms with Crippen molar-refractivity contribution in [3.8, 4) is 5.75 Å². The molecule has 4 heteroatoms. The highest BCUT2D eigenvalue weighted by atomic mass is 16.5. The Morgan fingerprint density at radius 3 is 2.94 bits per heavy atom. The van der Waals surface area contributed by atoms with E-state index in [4.69, 9.17) is 4.74 Å². The lowest BCUT2D eigenvalue weighted by Crippen LogP contribution is -2.27. The molecule has 4 nitrogen and oxygen atoms in total. The molecule has 0 saturated heterocycles. The molecule has 16 heavy (non-hydrogen) atoms. The van der Waals surface area contributed by atoms with Crippen LogP contribution in [0.2, 0.25) is 0 Å². The molecule has 86 valence electrons. The number of carbonyl (C=O) groups excluding carboxylic acids is 1. The quantitative estimate of drug-likeness (QED) is 0.811. The fourth-order valence-electron chi connectivity index (χ4n) is 1.90. The Bertz CT molecular complexity index is 404. The van der Waals surface area contributed by atoms with E-state index in [1.54, 1.807) is 0 Å². The van der Waals surface area contributed by atoms with Crippen molar-refractivity contribution in [2.45, 2.75) is 19.9 Å². The molecule has 0 spiro atoms. The summed E-state index contributed by atoms with van der Waals surface area (Å²) in [4.78, 5) is 11.7. The minimum atomic E-state index is -0.226. The zero-order valence-corrected chi connectivity index (χ0v) is 9.54. The molecule has 0 fully saturated rings. The summed E-state index contributed by atoms with van der Waals surface area (Å²) in [6, 6.07) is 5.47. The Hall–Kier alpha value is -1.55. The molecular formula is C12H16N2O2. The smallest absolute Gasteiger partial charge is 0.246 e. The predicted molar refractivity (Wildman–Crippen MR) is 62.7 cm³/mol. The average Bonchev–Trinajstić information content (AvgIpc) is 2.56. The first-order valence-corrected chi connectivity index (χ1v) is 5.57. The number of nitrogens with one attached hydrogen (secondary N) is 2. The fraction of sp³-hybridized carbons (Fsp3) is 0.417. The van der Waals surface area contributed by atoms with Crippen LogP contribution in [0.15, 0.2) is 18.2 Å². The van der Waals surface area contributed by atoms with Crippen LogP contribution in [-0.4, -0.2) is 19.1 Å². The summed E-state index contributed by atoms with van der Waals surface area (Å²) < 4.78 is 5.39. The van der Waals surface area contributed by atoms with E-state index in [2.05, 4.69) is 10.6 Å². The Labute approximate surface area is 95.0 Å². The minimum Gasteiger partial charge on any atom is -0.494 e. The van der Waals surface area contributed by atoms with E-state index in [1.807, 2.05) is 32.0 Å². The highest BCUT2D eigenvalue weighted by Crippen LogP contribution is 2.33. The highest BCUT2D eigenvalue weighted by molar-refractivity contribution is 6.02.